The Kier molecular flexibility index (Phi) is 6.59. The van der Waals surface area contributed by atoms with Crippen LogP contribution in [0.2, 0.25) is 0 Å². The molecule has 0 aliphatic heterocycles. The molecule has 0 radical (unpaired) electrons. The number of amides is 1. The van der Waals surface area contributed by atoms with Crippen LogP contribution in [0.5, 0.6) is 5.75 Å². The number of furan rings is 1. The Balaban J connectivity index is 1.39. The number of rotatable bonds is 7. The molecular weight excluding hydrogens is 456 g/mol. The summed E-state index contributed by atoms with van der Waals surface area (Å²) in [6, 6.07) is 28.3. The lowest BCUT2D eigenvalue weighted by molar-refractivity contribution is 0.0950. The van der Waals surface area contributed by atoms with E-state index in [1.807, 2.05) is 66.7 Å². The van der Waals surface area contributed by atoms with Crippen LogP contribution >= 0.6 is 15.9 Å². The summed E-state index contributed by atoms with van der Waals surface area (Å²) in [5, 5.41) is 4.02. The van der Waals surface area contributed by atoms with E-state index in [9.17, 15) is 4.79 Å². The third kappa shape index (κ3) is 5.49. The molecular formula is C25H19BrN2O3. The van der Waals surface area contributed by atoms with Crippen molar-refractivity contribution in [2.45, 2.75) is 6.61 Å². The predicted octanol–water partition coefficient (Wildman–Crippen LogP) is 6.05. The second-order valence-electron chi connectivity index (χ2n) is 6.68. The summed E-state index contributed by atoms with van der Waals surface area (Å²) >= 11 is 3.42. The molecule has 0 saturated heterocycles. The summed E-state index contributed by atoms with van der Waals surface area (Å²) in [6.45, 7) is 0.375. The lowest BCUT2D eigenvalue weighted by atomic mass is 10.2. The molecule has 1 N–H and O–H groups in total. The minimum Gasteiger partial charge on any atom is -0.488 e. The first-order valence-electron chi connectivity index (χ1n) is 9.64. The molecule has 1 amide bonds. The average Bonchev–Trinajstić information content (AvgIpc) is 3.28. The Morgan fingerprint density at radius 1 is 0.935 bits per heavy atom. The SMILES string of the molecule is O=C(N/N=C/c1ccc(-c2ccc(Br)cc2)o1)c1ccccc1OCc1ccccc1. The third-order valence-electron chi connectivity index (χ3n) is 4.48. The maximum absolute atomic E-state index is 12.6. The van der Waals surface area contributed by atoms with Crippen LogP contribution in [0.25, 0.3) is 11.3 Å². The Morgan fingerprint density at radius 3 is 2.48 bits per heavy atom. The molecule has 4 aromatic rings. The van der Waals surface area contributed by atoms with Gasteiger partial charge in [-0.05, 0) is 42.0 Å². The number of nitrogens with one attached hydrogen (secondary N) is 1. The van der Waals surface area contributed by atoms with E-state index in [-0.39, 0.29) is 5.91 Å². The van der Waals surface area contributed by atoms with Crippen molar-refractivity contribution >= 4 is 28.1 Å². The minimum atomic E-state index is -0.361. The summed E-state index contributed by atoms with van der Waals surface area (Å²) in [6.07, 6.45) is 1.47. The molecule has 4 rings (SSSR count). The minimum absolute atomic E-state index is 0.361. The summed E-state index contributed by atoms with van der Waals surface area (Å²) in [5.41, 5.74) is 4.91. The van der Waals surface area contributed by atoms with E-state index in [0.717, 1.165) is 21.4 Å². The standard InChI is InChI=1S/C25H19BrN2O3/c26-20-12-10-19(11-13-20)23-15-14-21(31-23)16-27-28-25(29)22-8-4-5-9-24(22)30-17-18-6-2-1-3-7-18/h1-16H,17H2,(H,28,29)/b27-16+. The molecule has 154 valence electrons. The van der Waals surface area contributed by atoms with Gasteiger partial charge in [0, 0.05) is 10.0 Å². The number of para-hydroxylation sites is 1. The van der Waals surface area contributed by atoms with Crippen molar-refractivity contribution in [3.8, 4) is 17.1 Å². The summed E-state index contributed by atoms with van der Waals surface area (Å²) in [4.78, 5) is 12.6. The molecule has 0 saturated carbocycles. The van der Waals surface area contributed by atoms with E-state index in [0.29, 0.717) is 23.7 Å². The van der Waals surface area contributed by atoms with Gasteiger partial charge >= 0.3 is 0 Å². The van der Waals surface area contributed by atoms with Crippen LogP contribution in [0.1, 0.15) is 21.7 Å². The second-order valence-corrected chi connectivity index (χ2v) is 7.59. The molecule has 31 heavy (non-hydrogen) atoms. The highest BCUT2D eigenvalue weighted by atomic mass is 79.9. The first kappa shape index (κ1) is 20.6. The molecule has 0 unspecified atom stereocenters. The molecule has 0 aliphatic rings. The van der Waals surface area contributed by atoms with Crippen LogP contribution in [0.3, 0.4) is 0 Å². The van der Waals surface area contributed by atoms with Crippen molar-refractivity contribution in [2.75, 3.05) is 0 Å². The third-order valence-corrected chi connectivity index (χ3v) is 5.01. The molecule has 5 nitrogen and oxygen atoms in total. The van der Waals surface area contributed by atoms with Crippen molar-refractivity contribution < 1.29 is 13.9 Å². The van der Waals surface area contributed by atoms with Gasteiger partial charge in [-0.25, -0.2) is 5.43 Å². The van der Waals surface area contributed by atoms with Gasteiger partial charge in [0.05, 0.1) is 11.8 Å². The molecule has 1 aromatic heterocycles. The first-order valence-corrected chi connectivity index (χ1v) is 10.4. The van der Waals surface area contributed by atoms with Gasteiger partial charge < -0.3 is 9.15 Å². The lowest BCUT2D eigenvalue weighted by Gasteiger charge is -2.10. The number of carbonyl (C=O) groups excluding carboxylic acids is 1. The normalized spacial score (nSPS) is 10.9. The smallest absolute Gasteiger partial charge is 0.275 e. The number of halogens is 1. The van der Waals surface area contributed by atoms with Crippen LogP contribution in [-0.2, 0) is 6.61 Å². The maximum Gasteiger partial charge on any atom is 0.275 e. The van der Waals surface area contributed by atoms with Crippen LogP contribution in [0, 0.1) is 0 Å². The zero-order valence-electron chi connectivity index (χ0n) is 16.5. The Hall–Kier alpha value is -3.64. The summed E-state index contributed by atoms with van der Waals surface area (Å²) in [5.74, 6) is 1.39. The quantitative estimate of drug-likeness (QED) is 0.261. The molecule has 0 fully saturated rings. The summed E-state index contributed by atoms with van der Waals surface area (Å²) in [7, 11) is 0. The van der Waals surface area contributed by atoms with Crippen molar-refractivity contribution in [2.24, 2.45) is 5.10 Å². The van der Waals surface area contributed by atoms with E-state index in [2.05, 4.69) is 26.5 Å². The Labute approximate surface area is 188 Å². The van der Waals surface area contributed by atoms with Gasteiger partial charge in [-0.15, -0.1) is 0 Å². The van der Waals surface area contributed by atoms with Gasteiger partial charge in [0.1, 0.15) is 23.9 Å². The van der Waals surface area contributed by atoms with Gasteiger partial charge in [0.2, 0.25) is 0 Å². The molecule has 6 heteroatoms. The predicted molar refractivity (Wildman–Crippen MR) is 124 cm³/mol. The number of hydrazone groups is 1. The Morgan fingerprint density at radius 2 is 1.68 bits per heavy atom. The first-order chi connectivity index (χ1) is 15.2. The zero-order chi connectivity index (χ0) is 21.5. The van der Waals surface area contributed by atoms with Gasteiger partial charge in [-0.3, -0.25) is 4.79 Å². The fraction of sp³-hybridized carbons (Fsp3) is 0.0400. The number of carbonyl (C=O) groups is 1. The molecule has 0 spiro atoms. The van der Waals surface area contributed by atoms with Gasteiger partial charge in [-0.1, -0.05) is 70.5 Å². The number of ether oxygens (including phenoxy) is 1. The van der Waals surface area contributed by atoms with Crippen LogP contribution in [-0.4, -0.2) is 12.1 Å². The highest BCUT2D eigenvalue weighted by molar-refractivity contribution is 9.10. The highest BCUT2D eigenvalue weighted by Gasteiger charge is 2.11. The monoisotopic (exact) mass is 474 g/mol. The molecule has 3 aromatic carbocycles. The maximum atomic E-state index is 12.6. The number of hydrogen-bond donors (Lipinski definition) is 1. The second kappa shape index (κ2) is 9.91. The van der Waals surface area contributed by atoms with Gasteiger partial charge in [-0.2, -0.15) is 5.10 Å². The number of hydrogen-bond acceptors (Lipinski definition) is 4. The topological polar surface area (TPSA) is 63.8 Å². The fourth-order valence-electron chi connectivity index (χ4n) is 2.92. The Bertz CT molecular complexity index is 1180. The highest BCUT2D eigenvalue weighted by Crippen LogP contribution is 2.23. The van der Waals surface area contributed by atoms with Crippen LogP contribution < -0.4 is 10.2 Å². The van der Waals surface area contributed by atoms with Crippen molar-refractivity contribution in [1.82, 2.24) is 5.43 Å². The van der Waals surface area contributed by atoms with Crippen molar-refractivity contribution in [1.29, 1.82) is 0 Å². The van der Waals surface area contributed by atoms with E-state index >= 15 is 0 Å². The molecule has 0 aliphatic carbocycles. The lowest BCUT2D eigenvalue weighted by Crippen LogP contribution is -2.18. The molecule has 1 heterocycles. The van der Waals surface area contributed by atoms with Crippen LogP contribution in [0.15, 0.2) is 105 Å². The van der Waals surface area contributed by atoms with E-state index in [1.165, 1.54) is 6.21 Å². The number of nitrogens with zero attached hydrogens (tertiary/aromatic N) is 1. The van der Waals surface area contributed by atoms with Crippen molar-refractivity contribution in [3.05, 3.63) is 112 Å². The average molecular weight is 475 g/mol. The van der Waals surface area contributed by atoms with E-state index in [1.54, 1.807) is 24.3 Å². The van der Waals surface area contributed by atoms with Gasteiger partial charge in [0.15, 0.2) is 0 Å². The van der Waals surface area contributed by atoms with E-state index in [4.69, 9.17) is 9.15 Å². The van der Waals surface area contributed by atoms with Crippen LogP contribution in [0.4, 0.5) is 0 Å². The summed E-state index contributed by atoms with van der Waals surface area (Å²) < 4.78 is 12.6. The zero-order valence-corrected chi connectivity index (χ0v) is 18.1. The largest absolute Gasteiger partial charge is 0.488 e. The van der Waals surface area contributed by atoms with Crippen molar-refractivity contribution in [3.63, 3.8) is 0 Å². The molecule has 0 bridgehead atoms. The van der Waals surface area contributed by atoms with Gasteiger partial charge in [0.25, 0.3) is 5.91 Å². The number of benzene rings is 3. The fourth-order valence-corrected chi connectivity index (χ4v) is 3.19. The molecule has 0 atom stereocenters. The van der Waals surface area contributed by atoms with E-state index < -0.39 is 0 Å².